The van der Waals surface area contributed by atoms with Gasteiger partial charge in [0.2, 0.25) is 0 Å². The molecule has 2 heterocycles. The summed E-state index contributed by atoms with van der Waals surface area (Å²) in [5.74, 6) is 0.0238. The summed E-state index contributed by atoms with van der Waals surface area (Å²) >= 11 is 1.50. The monoisotopic (exact) mass is 503 g/mol. The van der Waals surface area contributed by atoms with Gasteiger partial charge in [0.1, 0.15) is 17.0 Å². The molecule has 2 aromatic carbocycles. The van der Waals surface area contributed by atoms with Gasteiger partial charge in [0.05, 0.1) is 0 Å². The average Bonchev–Trinajstić information content (AvgIpc) is 3.33. The highest BCUT2D eigenvalue weighted by molar-refractivity contribution is 7.99. The van der Waals surface area contributed by atoms with E-state index in [2.05, 4.69) is 4.98 Å². The third-order valence-corrected chi connectivity index (χ3v) is 7.04. The van der Waals surface area contributed by atoms with Crippen LogP contribution in [0.2, 0.25) is 0 Å². The molecule has 8 heteroatoms. The maximum absolute atomic E-state index is 13.7. The van der Waals surface area contributed by atoms with Crippen molar-refractivity contribution in [3.63, 3.8) is 0 Å². The lowest BCUT2D eigenvalue weighted by Crippen LogP contribution is -2.50. The second kappa shape index (κ2) is 10.5. The van der Waals surface area contributed by atoms with Crippen molar-refractivity contribution in [2.24, 2.45) is 0 Å². The van der Waals surface area contributed by atoms with E-state index in [1.54, 1.807) is 82.7 Å². The van der Waals surface area contributed by atoms with Gasteiger partial charge >= 0.3 is 6.09 Å². The van der Waals surface area contributed by atoms with Crippen LogP contribution < -0.4 is 4.90 Å². The number of ether oxygens (including phenoxy) is 1. The Hall–Kier alpha value is -3.65. The SMILES string of the molecule is CN(C(=O)C1CSC(c2cccnc2)N1C(=O)OC(C)(C)C)c1cccc(C(=O)c2ccccc2)c1. The number of thioether (sulfide) groups is 1. The second-order valence-electron chi connectivity index (χ2n) is 9.52. The van der Waals surface area contributed by atoms with Crippen LogP contribution in [0, 0.1) is 0 Å². The quantitative estimate of drug-likeness (QED) is 0.438. The Morgan fingerprint density at radius 3 is 2.39 bits per heavy atom. The van der Waals surface area contributed by atoms with Crippen molar-refractivity contribution in [2.75, 3.05) is 17.7 Å². The molecule has 36 heavy (non-hydrogen) atoms. The zero-order valence-electron chi connectivity index (χ0n) is 20.8. The van der Waals surface area contributed by atoms with Crippen molar-refractivity contribution in [3.05, 3.63) is 95.8 Å². The first kappa shape index (κ1) is 25.4. The summed E-state index contributed by atoms with van der Waals surface area (Å²) in [7, 11) is 1.66. The first-order chi connectivity index (χ1) is 17.2. The molecule has 0 aliphatic carbocycles. The predicted octanol–water partition coefficient (Wildman–Crippen LogP) is 5.33. The molecule has 0 bridgehead atoms. The van der Waals surface area contributed by atoms with Crippen molar-refractivity contribution in [3.8, 4) is 0 Å². The summed E-state index contributed by atoms with van der Waals surface area (Å²) in [5.41, 5.74) is 1.74. The van der Waals surface area contributed by atoms with Gasteiger partial charge in [0, 0.05) is 47.6 Å². The molecule has 2 amide bonds. The lowest BCUT2D eigenvalue weighted by atomic mass is 10.0. The van der Waals surface area contributed by atoms with Gasteiger partial charge in [-0.2, -0.15) is 0 Å². The Labute approximate surface area is 215 Å². The molecule has 186 valence electrons. The van der Waals surface area contributed by atoms with Gasteiger partial charge in [-0.05, 0) is 39.0 Å². The maximum atomic E-state index is 13.7. The zero-order valence-corrected chi connectivity index (χ0v) is 21.6. The van der Waals surface area contributed by atoms with Crippen molar-refractivity contribution >= 4 is 35.2 Å². The standard InChI is InChI=1S/C28H29N3O4S/c1-28(2,3)35-27(34)31-23(18-36-26(31)21-13-9-15-29-17-21)25(33)30(4)22-14-8-12-20(16-22)24(32)19-10-6-5-7-11-19/h5-17,23,26H,18H2,1-4H3. The molecular formula is C28H29N3O4S. The van der Waals surface area contributed by atoms with Crippen LogP contribution in [0.1, 0.15) is 47.6 Å². The largest absolute Gasteiger partial charge is 0.444 e. The van der Waals surface area contributed by atoms with Gasteiger partial charge in [-0.1, -0.05) is 48.5 Å². The summed E-state index contributed by atoms with van der Waals surface area (Å²) in [6, 6.07) is 18.9. The van der Waals surface area contributed by atoms with Gasteiger partial charge in [0.25, 0.3) is 5.91 Å². The molecule has 4 rings (SSSR count). The van der Waals surface area contributed by atoms with E-state index in [1.165, 1.54) is 21.6 Å². The van der Waals surface area contributed by atoms with Crippen LogP contribution in [-0.4, -0.2) is 52.1 Å². The Morgan fingerprint density at radius 2 is 1.72 bits per heavy atom. The lowest BCUT2D eigenvalue weighted by molar-refractivity contribution is -0.122. The fourth-order valence-corrected chi connectivity index (χ4v) is 5.37. The summed E-state index contributed by atoms with van der Waals surface area (Å²) in [5, 5.41) is -0.401. The van der Waals surface area contributed by atoms with Gasteiger partial charge in [0.15, 0.2) is 5.78 Å². The number of ketones is 1. The van der Waals surface area contributed by atoms with Gasteiger partial charge in [-0.3, -0.25) is 19.5 Å². The van der Waals surface area contributed by atoms with E-state index >= 15 is 0 Å². The molecule has 7 nitrogen and oxygen atoms in total. The molecule has 0 N–H and O–H groups in total. The summed E-state index contributed by atoms with van der Waals surface area (Å²) in [6.45, 7) is 5.39. The van der Waals surface area contributed by atoms with Gasteiger partial charge in [-0.15, -0.1) is 11.8 Å². The Bertz CT molecular complexity index is 1240. The van der Waals surface area contributed by atoms with Crippen molar-refractivity contribution in [1.82, 2.24) is 9.88 Å². The van der Waals surface area contributed by atoms with Crippen molar-refractivity contribution in [1.29, 1.82) is 0 Å². The van der Waals surface area contributed by atoms with Crippen molar-refractivity contribution in [2.45, 2.75) is 37.8 Å². The number of amides is 2. The third kappa shape index (κ3) is 5.60. The number of nitrogens with zero attached hydrogens (tertiary/aromatic N) is 3. The zero-order chi connectivity index (χ0) is 25.9. The molecule has 0 radical (unpaired) electrons. The van der Waals surface area contributed by atoms with Crippen LogP contribution in [-0.2, 0) is 9.53 Å². The minimum atomic E-state index is -0.742. The number of benzene rings is 2. The molecule has 0 spiro atoms. The molecule has 1 fully saturated rings. The first-order valence-corrected chi connectivity index (χ1v) is 12.7. The molecule has 1 saturated heterocycles. The number of likely N-dealkylation sites (N-methyl/N-ethyl adjacent to an activating group) is 1. The summed E-state index contributed by atoms with van der Waals surface area (Å²) < 4.78 is 5.68. The van der Waals surface area contributed by atoms with Crippen LogP contribution in [0.4, 0.5) is 10.5 Å². The third-order valence-electron chi connectivity index (χ3n) is 5.72. The number of carbonyl (C=O) groups is 3. The van der Waals surface area contributed by atoms with Crippen LogP contribution in [0.5, 0.6) is 0 Å². The van der Waals surface area contributed by atoms with Crippen LogP contribution in [0.3, 0.4) is 0 Å². The lowest BCUT2D eigenvalue weighted by Gasteiger charge is -2.33. The predicted molar refractivity (Wildman–Crippen MR) is 141 cm³/mol. The molecule has 0 saturated carbocycles. The minimum Gasteiger partial charge on any atom is -0.444 e. The Morgan fingerprint density at radius 1 is 1.00 bits per heavy atom. The van der Waals surface area contributed by atoms with E-state index in [9.17, 15) is 14.4 Å². The van der Waals surface area contributed by atoms with Crippen LogP contribution in [0.25, 0.3) is 0 Å². The average molecular weight is 504 g/mol. The minimum absolute atomic E-state index is 0.123. The highest BCUT2D eigenvalue weighted by atomic mass is 32.2. The summed E-state index contributed by atoms with van der Waals surface area (Å²) in [4.78, 5) is 47.1. The highest BCUT2D eigenvalue weighted by Crippen LogP contribution is 2.42. The smallest absolute Gasteiger partial charge is 0.412 e. The number of aromatic nitrogens is 1. The molecule has 1 aromatic heterocycles. The number of rotatable bonds is 5. The highest BCUT2D eigenvalue weighted by Gasteiger charge is 2.45. The fraction of sp³-hybridized carbons (Fsp3) is 0.286. The van der Waals surface area contributed by atoms with E-state index in [-0.39, 0.29) is 11.7 Å². The van der Waals surface area contributed by atoms with Crippen LogP contribution >= 0.6 is 11.8 Å². The Kier molecular flexibility index (Phi) is 7.45. The number of pyridine rings is 1. The van der Waals surface area contributed by atoms with E-state index in [0.29, 0.717) is 22.6 Å². The van der Waals surface area contributed by atoms with E-state index in [1.807, 2.05) is 24.3 Å². The number of carbonyl (C=O) groups excluding carboxylic acids is 3. The fourth-order valence-electron chi connectivity index (χ4n) is 3.98. The molecule has 1 aliphatic heterocycles. The molecule has 2 unspecified atom stereocenters. The van der Waals surface area contributed by atoms with Crippen molar-refractivity contribution < 1.29 is 19.1 Å². The first-order valence-electron chi connectivity index (χ1n) is 11.7. The normalized spacial score (nSPS) is 17.5. The molecule has 1 aliphatic rings. The number of anilines is 1. The van der Waals surface area contributed by atoms with E-state index in [0.717, 1.165) is 5.56 Å². The molecule has 3 aromatic rings. The van der Waals surface area contributed by atoms with Crippen LogP contribution in [0.15, 0.2) is 79.1 Å². The van der Waals surface area contributed by atoms with E-state index in [4.69, 9.17) is 4.74 Å². The topological polar surface area (TPSA) is 79.8 Å². The molecule has 2 atom stereocenters. The van der Waals surface area contributed by atoms with E-state index < -0.39 is 23.1 Å². The Balaban J connectivity index is 1.61. The van der Waals surface area contributed by atoms with Gasteiger partial charge < -0.3 is 9.64 Å². The second-order valence-corrected chi connectivity index (χ2v) is 10.6. The maximum Gasteiger partial charge on any atom is 0.412 e. The van der Waals surface area contributed by atoms with Gasteiger partial charge in [-0.25, -0.2) is 4.79 Å². The number of hydrogen-bond donors (Lipinski definition) is 0. The summed E-state index contributed by atoms with van der Waals surface area (Å²) in [6.07, 6.45) is 2.81. The number of hydrogen-bond acceptors (Lipinski definition) is 6. The molecular weight excluding hydrogens is 474 g/mol.